The molecule has 0 aliphatic carbocycles. The normalized spacial score (nSPS) is 9.30. The first kappa shape index (κ1) is 6.74. The molecule has 0 aliphatic heterocycles. The first-order valence-electron chi connectivity index (χ1n) is 2.83. The van der Waals surface area contributed by atoms with Crippen molar-refractivity contribution in [1.82, 2.24) is 0 Å². The third-order valence-corrected chi connectivity index (χ3v) is 1.12. The van der Waals surface area contributed by atoms with E-state index in [2.05, 4.69) is 6.07 Å². The van der Waals surface area contributed by atoms with Crippen LogP contribution in [-0.4, -0.2) is 4.92 Å². The van der Waals surface area contributed by atoms with Gasteiger partial charge in [0.2, 0.25) is 0 Å². The molecule has 0 N–H and O–H groups in total. The van der Waals surface area contributed by atoms with Crippen molar-refractivity contribution in [2.75, 3.05) is 0 Å². The van der Waals surface area contributed by atoms with Crippen molar-refractivity contribution in [3.63, 3.8) is 0 Å². The van der Waals surface area contributed by atoms with Gasteiger partial charge in [-0.2, -0.15) is 0 Å². The molecule has 10 heavy (non-hydrogen) atoms. The molecule has 0 fully saturated rings. The van der Waals surface area contributed by atoms with Gasteiger partial charge >= 0.3 is 0 Å². The van der Waals surface area contributed by atoms with E-state index in [9.17, 15) is 10.1 Å². The summed E-state index contributed by atoms with van der Waals surface area (Å²) in [6, 6.07) is 7.44. The third-order valence-electron chi connectivity index (χ3n) is 1.12. The van der Waals surface area contributed by atoms with Gasteiger partial charge in [-0.1, -0.05) is 12.1 Å². The molecular weight excluding hydrogens is 130 g/mol. The van der Waals surface area contributed by atoms with E-state index in [0.717, 1.165) is 5.56 Å². The van der Waals surface area contributed by atoms with Crippen LogP contribution in [0.25, 0.3) is 0 Å². The smallest absolute Gasteiger partial charge is 0.258 e. The molecule has 1 rings (SSSR count). The van der Waals surface area contributed by atoms with Crippen LogP contribution in [0.4, 0.5) is 5.69 Å². The van der Waals surface area contributed by atoms with Gasteiger partial charge in [-0.25, -0.2) is 0 Å². The lowest BCUT2D eigenvalue weighted by Gasteiger charge is -1.89. The molecule has 0 bridgehead atoms. The molecule has 0 saturated carbocycles. The highest BCUT2D eigenvalue weighted by Crippen LogP contribution is 2.10. The largest absolute Gasteiger partial charge is 0.277 e. The Balaban J connectivity index is 3.07. The van der Waals surface area contributed by atoms with Gasteiger partial charge in [0.05, 0.1) is 11.0 Å². The zero-order chi connectivity index (χ0) is 7.56. The van der Waals surface area contributed by atoms with Gasteiger partial charge in [-0.15, -0.1) is 0 Å². The minimum Gasteiger partial charge on any atom is -0.258 e. The molecule has 3 nitrogen and oxygen atoms in total. The first-order valence-corrected chi connectivity index (χ1v) is 2.83. The van der Waals surface area contributed by atoms with Crippen molar-refractivity contribution in [3.8, 4) is 0 Å². The van der Waals surface area contributed by atoms with E-state index >= 15 is 0 Å². The maximum Gasteiger partial charge on any atom is 0.277 e. The molecule has 1 aromatic carbocycles. The van der Waals surface area contributed by atoms with Gasteiger partial charge in [0, 0.05) is 6.07 Å². The summed E-state index contributed by atoms with van der Waals surface area (Å²) >= 11 is 0. The molecule has 0 spiro atoms. The van der Waals surface area contributed by atoms with Crippen LogP contribution in [0, 0.1) is 23.1 Å². The molecule has 0 amide bonds. The van der Waals surface area contributed by atoms with E-state index in [0.29, 0.717) is 0 Å². The van der Waals surface area contributed by atoms with Crippen LogP contribution in [-0.2, 0) is 0 Å². The second kappa shape index (κ2) is 2.47. The molecule has 0 unspecified atom stereocenters. The Morgan fingerprint density at radius 1 is 1.60 bits per heavy atom. The number of hydrogen-bond donors (Lipinski definition) is 0. The molecule has 3 heteroatoms. The highest BCUT2D eigenvalue weighted by molar-refractivity contribution is 5.31. The highest BCUT2D eigenvalue weighted by Gasteiger charge is 2.02. The van der Waals surface area contributed by atoms with E-state index in [4.69, 9.17) is 0 Å². The predicted molar refractivity (Wildman–Crippen MR) is 36.7 cm³/mol. The van der Waals surface area contributed by atoms with Crippen LogP contribution < -0.4 is 0 Å². The summed E-state index contributed by atoms with van der Waals surface area (Å²) in [5, 5.41) is 10.1. The molecule has 51 valence electrons. The van der Waals surface area contributed by atoms with E-state index in [1.165, 1.54) is 6.07 Å². The summed E-state index contributed by atoms with van der Waals surface area (Å²) in [5.41, 5.74) is 0.814. The molecule has 0 aromatic heterocycles. The molecular formula is C7H6NO2. The number of hydrogen-bond acceptors (Lipinski definition) is 2. The summed E-state index contributed by atoms with van der Waals surface area (Å²) in [4.78, 5) is 9.68. The van der Waals surface area contributed by atoms with Gasteiger partial charge in [0.25, 0.3) is 5.69 Å². The Kier molecular flexibility index (Phi) is 1.67. The predicted octanol–water partition coefficient (Wildman–Crippen LogP) is 1.70. The SMILES string of the molecule is Cc1[c]c([N+](=O)[O-])ccc1. The van der Waals surface area contributed by atoms with E-state index < -0.39 is 4.92 Å². The van der Waals surface area contributed by atoms with Crippen LogP contribution in [0.2, 0.25) is 0 Å². The monoisotopic (exact) mass is 136 g/mol. The zero-order valence-corrected chi connectivity index (χ0v) is 5.50. The number of rotatable bonds is 1. The summed E-state index contributed by atoms with van der Waals surface area (Å²) < 4.78 is 0. The number of benzene rings is 1. The van der Waals surface area contributed by atoms with Crippen LogP contribution >= 0.6 is 0 Å². The van der Waals surface area contributed by atoms with E-state index in [-0.39, 0.29) is 5.69 Å². The van der Waals surface area contributed by atoms with Crippen molar-refractivity contribution in [2.45, 2.75) is 6.92 Å². The minimum absolute atomic E-state index is 0.0278. The van der Waals surface area contributed by atoms with Crippen LogP contribution in [0.1, 0.15) is 5.56 Å². The minimum atomic E-state index is -0.451. The quantitative estimate of drug-likeness (QED) is 0.435. The number of nitro groups is 1. The van der Waals surface area contributed by atoms with Crippen molar-refractivity contribution in [3.05, 3.63) is 39.9 Å². The number of non-ortho nitro benzene ring substituents is 1. The van der Waals surface area contributed by atoms with Gasteiger partial charge < -0.3 is 0 Å². The lowest BCUT2D eigenvalue weighted by atomic mass is 10.2. The highest BCUT2D eigenvalue weighted by atomic mass is 16.6. The molecule has 0 heterocycles. The second-order valence-corrected chi connectivity index (χ2v) is 1.98. The summed E-state index contributed by atoms with van der Waals surface area (Å²) in [7, 11) is 0. The maximum absolute atomic E-state index is 10.1. The van der Waals surface area contributed by atoms with Crippen LogP contribution in [0.5, 0.6) is 0 Å². The first-order chi connectivity index (χ1) is 4.70. The average molecular weight is 136 g/mol. The summed E-state index contributed by atoms with van der Waals surface area (Å²) in [6.07, 6.45) is 0. The van der Waals surface area contributed by atoms with E-state index in [1.54, 1.807) is 19.1 Å². The lowest BCUT2D eigenvalue weighted by Crippen LogP contribution is -1.87. The maximum atomic E-state index is 10.1. The summed E-state index contributed by atoms with van der Waals surface area (Å²) in [6.45, 7) is 1.77. The fourth-order valence-corrected chi connectivity index (χ4v) is 0.675. The van der Waals surface area contributed by atoms with Crippen molar-refractivity contribution < 1.29 is 4.92 Å². The number of nitrogens with zero attached hydrogens (tertiary/aromatic N) is 1. The lowest BCUT2D eigenvalue weighted by molar-refractivity contribution is -0.385. The van der Waals surface area contributed by atoms with Crippen LogP contribution in [0.3, 0.4) is 0 Å². The fraction of sp³-hybridized carbons (Fsp3) is 0.143. The topological polar surface area (TPSA) is 43.1 Å². The van der Waals surface area contributed by atoms with Gasteiger partial charge in [0.1, 0.15) is 0 Å². The Bertz CT molecular complexity index is 258. The van der Waals surface area contributed by atoms with Crippen LogP contribution in [0.15, 0.2) is 18.2 Å². The number of aryl methyl sites for hydroxylation is 1. The zero-order valence-electron chi connectivity index (χ0n) is 5.50. The van der Waals surface area contributed by atoms with Gasteiger partial charge in [0.15, 0.2) is 0 Å². The van der Waals surface area contributed by atoms with Crippen molar-refractivity contribution >= 4 is 5.69 Å². The fourth-order valence-electron chi connectivity index (χ4n) is 0.675. The van der Waals surface area contributed by atoms with Gasteiger partial charge in [-0.3, -0.25) is 10.1 Å². The molecule has 1 aromatic rings. The van der Waals surface area contributed by atoms with Gasteiger partial charge in [-0.05, 0) is 12.5 Å². The van der Waals surface area contributed by atoms with E-state index in [1.807, 2.05) is 0 Å². The molecule has 1 radical (unpaired) electrons. The Morgan fingerprint density at radius 2 is 2.30 bits per heavy atom. The Labute approximate surface area is 58.4 Å². The van der Waals surface area contributed by atoms with Crippen molar-refractivity contribution in [2.24, 2.45) is 0 Å². The second-order valence-electron chi connectivity index (χ2n) is 1.98. The third kappa shape index (κ3) is 1.31. The summed E-state index contributed by atoms with van der Waals surface area (Å²) in [5.74, 6) is 0. The average Bonchev–Trinajstić information content (AvgIpc) is 1.88. The number of nitro benzene ring substituents is 1. The molecule has 0 saturated heterocycles. The molecule has 0 aliphatic rings. The standard InChI is InChI=1S/C7H6NO2/c1-6-3-2-4-7(5-6)8(9)10/h2-4H,1H3. The Morgan fingerprint density at radius 3 is 2.70 bits per heavy atom. The molecule has 0 atom stereocenters. The van der Waals surface area contributed by atoms with Crippen molar-refractivity contribution in [1.29, 1.82) is 0 Å². The Hall–Kier alpha value is -1.38.